The van der Waals surface area contributed by atoms with Gasteiger partial charge in [0.15, 0.2) is 10.9 Å². The number of ketones is 1. The quantitative estimate of drug-likeness (QED) is 0.594. The summed E-state index contributed by atoms with van der Waals surface area (Å²) in [4.78, 5) is 13.7. The Morgan fingerprint density at radius 3 is 2.29 bits per heavy atom. The molecule has 1 saturated heterocycles. The number of benzene rings is 1. The summed E-state index contributed by atoms with van der Waals surface area (Å²) >= 11 is 5.61. The third-order valence-electron chi connectivity index (χ3n) is 6.47. The lowest BCUT2D eigenvalue weighted by Gasteiger charge is -2.37. The highest BCUT2D eigenvalue weighted by Gasteiger charge is 2.40. The van der Waals surface area contributed by atoms with Crippen LogP contribution in [0.2, 0.25) is 0 Å². The van der Waals surface area contributed by atoms with Gasteiger partial charge in [-0.25, -0.2) is 8.42 Å². The number of sulfonamides is 1. The lowest BCUT2D eigenvalue weighted by atomic mass is 9.95. The zero-order chi connectivity index (χ0) is 19.9. The van der Waals surface area contributed by atoms with E-state index in [2.05, 4.69) is 10.2 Å². The molecule has 3 aliphatic rings. The van der Waals surface area contributed by atoms with Crippen LogP contribution in [0.4, 0.5) is 0 Å². The maximum atomic E-state index is 12.9. The fraction of sp³-hybridized carbons (Fsp3) is 0.600. The summed E-state index contributed by atoms with van der Waals surface area (Å²) in [6.45, 7) is 3.48. The predicted molar refractivity (Wildman–Crippen MR) is 112 cm³/mol. The van der Waals surface area contributed by atoms with Gasteiger partial charge in [-0.3, -0.25) is 4.79 Å². The van der Waals surface area contributed by atoms with Crippen molar-refractivity contribution in [2.24, 2.45) is 11.8 Å². The Balaban J connectivity index is 1.34. The summed E-state index contributed by atoms with van der Waals surface area (Å²) < 4.78 is 27.3. The lowest BCUT2D eigenvalue weighted by Crippen LogP contribution is -2.54. The van der Waals surface area contributed by atoms with Gasteiger partial charge in [0.2, 0.25) is 10.0 Å². The minimum atomic E-state index is -3.55. The predicted octanol–water partition coefficient (Wildman–Crippen LogP) is 2.26. The van der Waals surface area contributed by atoms with Crippen molar-refractivity contribution in [1.82, 2.24) is 14.5 Å². The third-order valence-corrected chi connectivity index (χ3v) is 8.76. The van der Waals surface area contributed by atoms with Gasteiger partial charge in [0.05, 0.1) is 4.90 Å². The number of hydrogen-bond donors (Lipinski definition) is 1. The Kier molecular flexibility index (Phi) is 5.46. The van der Waals surface area contributed by atoms with E-state index in [1.165, 1.54) is 49.0 Å². The van der Waals surface area contributed by atoms with Crippen molar-refractivity contribution in [3.63, 3.8) is 0 Å². The molecule has 1 aromatic carbocycles. The molecule has 0 amide bonds. The number of nitrogens with one attached hydrogen (secondary N) is 1. The standard InChI is InChI=1S/C20H27N3O3S2/c1-14(24)16-4-6-18(7-5-16)28(25,26)23-10-8-22(9-11-23)20(27)21-19-13-15-2-3-17(19)12-15/h4-7,15,17,19H,2-3,8-13H2,1H3,(H,21,27)/t15-,17-,19+/m1/s1. The molecule has 1 aromatic rings. The molecule has 0 aromatic heterocycles. The van der Waals surface area contributed by atoms with Crippen LogP contribution in [-0.4, -0.2) is 60.7 Å². The second kappa shape index (κ2) is 7.72. The van der Waals surface area contributed by atoms with Gasteiger partial charge < -0.3 is 10.2 Å². The fourth-order valence-electron chi connectivity index (χ4n) is 4.81. The van der Waals surface area contributed by atoms with E-state index in [1.807, 2.05) is 0 Å². The zero-order valence-corrected chi connectivity index (χ0v) is 17.8. The maximum absolute atomic E-state index is 12.9. The van der Waals surface area contributed by atoms with Gasteiger partial charge in [0, 0.05) is 37.8 Å². The molecule has 2 bridgehead atoms. The van der Waals surface area contributed by atoms with Crippen molar-refractivity contribution in [3.05, 3.63) is 29.8 Å². The number of carbonyl (C=O) groups is 1. The first-order valence-electron chi connectivity index (χ1n) is 10.0. The zero-order valence-electron chi connectivity index (χ0n) is 16.1. The van der Waals surface area contributed by atoms with E-state index in [0.717, 1.165) is 16.9 Å². The minimum absolute atomic E-state index is 0.0749. The van der Waals surface area contributed by atoms with Crippen LogP contribution in [0.3, 0.4) is 0 Å². The molecule has 0 radical (unpaired) electrons. The Labute approximate surface area is 172 Å². The van der Waals surface area contributed by atoms with E-state index >= 15 is 0 Å². The highest BCUT2D eigenvalue weighted by atomic mass is 32.2. The molecule has 1 N–H and O–H groups in total. The van der Waals surface area contributed by atoms with E-state index in [4.69, 9.17) is 12.2 Å². The average molecular weight is 422 g/mol. The highest BCUT2D eigenvalue weighted by Crippen LogP contribution is 2.44. The van der Waals surface area contributed by atoms with Gasteiger partial charge in [-0.05, 0) is 62.4 Å². The smallest absolute Gasteiger partial charge is 0.243 e. The Hall–Kier alpha value is -1.51. The number of piperazine rings is 1. The van der Waals surface area contributed by atoms with Gasteiger partial charge in [0.1, 0.15) is 0 Å². The van der Waals surface area contributed by atoms with Crippen LogP contribution in [0.1, 0.15) is 43.0 Å². The molecule has 4 rings (SSSR count). The molecule has 3 fully saturated rings. The van der Waals surface area contributed by atoms with Crippen LogP contribution in [0, 0.1) is 11.8 Å². The van der Waals surface area contributed by atoms with Crippen molar-refractivity contribution in [2.75, 3.05) is 26.2 Å². The summed E-state index contributed by atoms with van der Waals surface area (Å²) in [6, 6.07) is 6.66. The number of nitrogens with zero attached hydrogens (tertiary/aromatic N) is 2. The van der Waals surface area contributed by atoms with Crippen molar-refractivity contribution < 1.29 is 13.2 Å². The van der Waals surface area contributed by atoms with Gasteiger partial charge in [-0.2, -0.15) is 4.31 Å². The van der Waals surface area contributed by atoms with Gasteiger partial charge >= 0.3 is 0 Å². The van der Waals surface area contributed by atoms with E-state index < -0.39 is 10.0 Å². The molecule has 152 valence electrons. The van der Waals surface area contributed by atoms with E-state index in [1.54, 1.807) is 12.1 Å². The Morgan fingerprint density at radius 1 is 1.07 bits per heavy atom. The summed E-state index contributed by atoms with van der Waals surface area (Å²) in [7, 11) is -3.55. The molecule has 1 aliphatic heterocycles. The topological polar surface area (TPSA) is 69.7 Å². The van der Waals surface area contributed by atoms with Crippen molar-refractivity contribution in [3.8, 4) is 0 Å². The summed E-state index contributed by atoms with van der Waals surface area (Å²) in [6.07, 6.45) is 5.21. The van der Waals surface area contributed by atoms with Crippen molar-refractivity contribution in [1.29, 1.82) is 0 Å². The van der Waals surface area contributed by atoms with E-state index in [9.17, 15) is 13.2 Å². The molecule has 2 aliphatic carbocycles. The number of thiocarbonyl (C=S) groups is 1. The number of fused-ring (bicyclic) bond motifs is 2. The average Bonchev–Trinajstić information content (AvgIpc) is 3.31. The SMILES string of the molecule is CC(=O)c1ccc(S(=O)(=O)N2CCN(C(=S)N[C@H]3C[C@@H]4CC[C@@H]3C4)CC2)cc1. The lowest BCUT2D eigenvalue weighted by molar-refractivity contribution is 0.101. The van der Waals surface area contributed by atoms with Crippen LogP contribution in [-0.2, 0) is 10.0 Å². The van der Waals surface area contributed by atoms with Crippen LogP contribution in [0.25, 0.3) is 0 Å². The monoisotopic (exact) mass is 421 g/mol. The molecule has 3 atom stereocenters. The molecule has 0 unspecified atom stereocenters. The van der Waals surface area contributed by atoms with E-state index in [0.29, 0.717) is 37.8 Å². The molecule has 2 saturated carbocycles. The van der Waals surface area contributed by atoms with Crippen LogP contribution >= 0.6 is 12.2 Å². The van der Waals surface area contributed by atoms with Crippen molar-refractivity contribution >= 4 is 33.1 Å². The Bertz CT molecular complexity index is 861. The normalized spacial score (nSPS) is 27.8. The van der Waals surface area contributed by atoms with Crippen LogP contribution in [0.15, 0.2) is 29.2 Å². The fourth-order valence-corrected chi connectivity index (χ4v) is 6.57. The number of rotatable bonds is 4. The Morgan fingerprint density at radius 2 is 1.75 bits per heavy atom. The molecule has 8 heteroatoms. The number of Topliss-reactive ketones (excluding diaryl/α,β-unsaturated/α-hetero) is 1. The van der Waals surface area contributed by atoms with Gasteiger partial charge in [-0.1, -0.05) is 18.6 Å². The second-order valence-electron chi connectivity index (χ2n) is 8.20. The first-order valence-corrected chi connectivity index (χ1v) is 11.9. The number of carbonyl (C=O) groups excluding carboxylic acids is 1. The molecule has 6 nitrogen and oxygen atoms in total. The van der Waals surface area contributed by atoms with Crippen LogP contribution in [0.5, 0.6) is 0 Å². The van der Waals surface area contributed by atoms with Gasteiger partial charge in [-0.15, -0.1) is 0 Å². The highest BCUT2D eigenvalue weighted by molar-refractivity contribution is 7.89. The number of hydrogen-bond acceptors (Lipinski definition) is 4. The van der Waals surface area contributed by atoms with E-state index in [-0.39, 0.29) is 10.7 Å². The molecular weight excluding hydrogens is 394 g/mol. The maximum Gasteiger partial charge on any atom is 0.243 e. The third kappa shape index (κ3) is 3.82. The van der Waals surface area contributed by atoms with Crippen LogP contribution < -0.4 is 5.32 Å². The molecular formula is C20H27N3O3S2. The second-order valence-corrected chi connectivity index (χ2v) is 10.5. The molecule has 1 heterocycles. The summed E-state index contributed by atoms with van der Waals surface area (Å²) in [5.41, 5.74) is 0.515. The first-order chi connectivity index (χ1) is 13.3. The van der Waals surface area contributed by atoms with Crippen molar-refractivity contribution in [2.45, 2.75) is 43.5 Å². The first kappa shape index (κ1) is 19.8. The molecule has 0 spiro atoms. The summed E-state index contributed by atoms with van der Waals surface area (Å²) in [5, 5.41) is 4.30. The molecule has 28 heavy (non-hydrogen) atoms. The largest absolute Gasteiger partial charge is 0.360 e. The minimum Gasteiger partial charge on any atom is -0.360 e. The van der Waals surface area contributed by atoms with Gasteiger partial charge in [0.25, 0.3) is 0 Å². The summed E-state index contributed by atoms with van der Waals surface area (Å²) in [5.74, 6) is 1.54.